The summed E-state index contributed by atoms with van der Waals surface area (Å²) in [5.41, 5.74) is 0. The van der Waals surface area contributed by atoms with Gasteiger partial charge in [0.1, 0.15) is 5.84 Å². The molecule has 0 radical (unpaired) electrons. The van der Waals surface area contributed by atoms with Gasteiger partial charge in [-0.25, -0.2) is 9.83 Å². The van der Waals surface area contributed by atoms with Crippen molar-refractivity contribution in [3.05, 3.63) is 23.7 Å². The molecule has 0 unspecified atom stereocenters. The Balaban J connectivity index is 1.57. The van der Waals surface area contributed by atoms with E-state index in [-0.39, 0.29) is 0 Å². The van der Waals surface area contributed by atoms with Gasteiger partial charge in [-0.2, -0.15) is 10.0 Å². The normalized spacial score (nSPS) is 20.0. The second-order valence-electron chi connectivity index (χ2n) is 4.94. The first-order valence-electron chi connectivity index (χ1n) is 6.96. The number of nitrogens with zero attached hydrogens (tertiary/aromatic N) is 3. The highest BCUT2D eigenvalue weighted by molar-refractivity contribution is 7.13. The molecule has 21 heavy (non-hydrogen) atoms. The Labute approximate surface area is 126 Å². The molecular formula is C14H15N3O3S. The van der Waals surface area contributed by atoms with Crippen LogP contribution >= 0.6 is 11.3 Å². The number of aromatic nitrogens is 1. The maximum Gasteiger partial charge on any atom is 0.328 e. The molecule has 7 heteroatoms. The van der Waals surface area contributed by atoms with Crippen molar-refractivity contribution in [1.29, 1.82) is 0 Å². The summed E-state index contributed by atoms with van der Waals surface area (Å²) in [6.45, 7) is 1.86. The van der Waals surface area contributed by atoms with Crippen LogP contribution in [0.4, 0.5) is 6.01 Å². The zero-order valence-corrected chi connectivity index (χ0v) is 12.2. The Morgan fingerprint density at radius 1 is 1.29 bits per heavy atom. The van der Waals surface area contributed by atoms with E-state index in [4.69, 9.17) is 14.0 Å². The Morgan fingerprint density at radius 3 is 3.00 bits per heavy atom. The monoisotopic (exact) mass is 305 g/mol. The summed E-state index contributed by atoms with van der Waals surface area (Å²) in [5.74, 6) is 2.00. The standard InChI is InChI=1S/C14H15N3O3S/c1-2-12(21-7-1)11-8-15-14(20-11)17-13(16-9-19-17)10-3-5-18-6-4-10/h1-2,7-8,10H,3-6,9H2. The van der Waals surface area contributed by atoms with Crippen LogP contribution in [-0.4, -0.2) is 30.8 Å². The minimum absolute atomic E-state index is 0.323. The van der Waals surface area contributed by atoms with Crippen molar-refractivity contribution in [3.63, 3.8) is 0 Å². The molecule has 2 aliphatic heterocycles. The summed E-state index contributed by atoms with van der Waals surface area (Å²) in [7, 11) is 0. The molecule has 0 aliphatic carbocycles. The fourth-order valence-corrected chi connectivity index (χ4v) is 3.25. The van der Waals surface area contributed by atoms with Gasteiger partial charge in [0.25, 0.3) is 0 Å². The number of hydroxylamine groups is 1. The molecule has 0 atom stereocenters. The van der Waals surface area contributed by atoms with Gasteiger partial charge in [0.15, 0.2) is 12.5 Å². The molecule has 4 rings (SSSR count). The van der Waals surface area contributed by atoms with Gasteiger partial charge < -0.3 is 9.15 Å². The lowest BCUT2D eigenvalue weighted by Crippen LogP contribution is -2.35. The van der Waals surface area contributed by atoms with Gasteiger partial charge in [-0.1, -0.05) is 6.07 Å². The van der Waals surface area contributed by atoms with Crippen molar-refractivity contribution in [2.75, 3.05) is 25.0 Å². The maximum atomic E-state index is 5.82. The molecule has 110 valence electrons. The molecule has 2 aromatic rings. The highest BCUT2D eigenvalue weighted by Crippen LogP contribution is 2.31. The molecule has 6 nitrogen and oxygen atoms in total. The largest absolute Gasteiger partial charge is 0.421 e. The van der Waals surface area contributed by atoms with E-state index in [1.807, 2.05) is 17.5 Å². The molecule has 4 heterocycles. The first kappa shape index (κ1) is 13.0. The van der Waals surface area contributed by atoms with E-state index in [0.29, 0.717) is 18.7 Å². The number of amidine groups is 1. The third-order valence-electron chi connectivity index (χ3n) is 3.64. The zero-order chi connectivity index (χ0) is 14.1. The van der Waals surface area contributed by atoms with Crippen LogP contribution in [0.25, 0.3) is 10.6 Å². The molecule has 0 saturated carbocycles. The Morgan fingerprint density at radius 2 is 2.19 bits per heavy atom. The average molecular weight is 305 g/mol. The molecule has 1 saturated heterocycles. The number of anilines is 1. The van der Waals surface area contributed by atoms with Crippen LogP contribution in [0.2, 0.25) is 0 Å². The lowest BCUT2D eigenvalue weighted by molar-refractivity contribution is 0.0806. The number of hydrogen-bond acceptors (Lipinski definition) is 7. The van der Waals surface area contributed by atoms with Gasteiger partial charge in [0.2, 0.25) is 0 Å². The second kappa shape index (κ2) is 5.59. The maximum absolute atomic E-state index is 5.82. The van der Waals surface area contributed by atoms with Crippen LogP contribution in [0.5, 0.6) is 0 Å². The zero-order valence-electron chi connectivity index (χ0n) is 11.4. The van der Waals surface area contributed by atoms with Crippen molar-refractivity contribution in [2.45, 2.75) is 12.8 Å². The van der Waals surface area contributed by atoms with Crippen LogP contribution in [0.15, 0.2) is 33.1 Å². The number of hydrogen-bond donors (Lipinski definition) is 0. The number of rotatable bonds is 3. The van der Waals surface area contributed by atoms with Crippen LogP contribution in [0.3, 0.4) is 0 Å². The van der Waals surface area contributed by atoms with Crippen molar-refractivity contribution >= 4 is 23.2 Å². The second-order valence-corrected chi connectivity index (χ2v) is 5.89. The van der Waals surface area contributed by atoms with Gasteiger partial charge in [-0.3, -0.25) is 0 Å². The van der Waals surface area contributed by atoms with Crippen LogP contribution in [0.1, 0.15) is 12.8 Å². The molecule has 0 spiro atoms. The van der Waals surface area contributed by atoms with E-state index in [9.17, 15) is 0 Å². The molecule has 0 aromatic carbocycles. The number of ether oxygens (including phenoxy) is 1. The molecule has 1 fully saturated rings. The molecule has 0 amide bonds. The lowest BCUT2D eigenvalue weighted by atomic mass is 9.99. The van der Waals surface area contributed by atoms with Crippen LogP contribution in [0, 0.1) is 5.92 Å². The third-order valence-corrected chi connectivity index (χ3v) is 4.52. The molecule has 2 aliphatic rings. The predicted octanol–water partition coefficient (Wildman–Crippen LogP) is 2.94. The predicted molar refractivity (Wildman–Crippen MR) is 79.2 cm³/mol. The highest BCUT2D eigenvalue weighted by Gasteiger charge is 2.32. The van der Waals surface area contributed by atoms with E-state index in [2.05, 4.69) is 9.98 Å². The summed E-state index contributed by atoms with van der Waals surface area (Å²) < 4.78 is 11.2. The average Bonchev–Trinajstić information content (AvgIpc) is 3.27. The molecule has 2 aromatic heterocycles. The minimum atomic E-state index is 0.323. The van der Waals surface area contributed by atoms with Crippen molar-refractivity contribution in [2.24, 2.45) is 10.9 Å². The van der Waals surface area contributed by atoms with Crippen molar-refractivity contribution in [3.8, 4) is 10.6 Å². The van der Waals surface area contributed by atoms with Crippen LogP contribution in [-0.2, 0) is 9.57 Å². The van der Waals surface area contributed by atoms with E-state index >= 15 is 0 Å². The van der Waals surface area contributed by atoms with Gasteiger partial charge >= 0.3 is 6.01 Å². The Bertz CT molecular complexity index is 632. The van der Waals surface area contributed by atoms with Crippen molar-refractivity contribution in [1.82, 2.24) is 4.98 Å². The quantitative estimate of drug-likeness (QED) is 0.872. The SMILES string of the molecule is c1csc(-c2cnc(N3OCN=C3C3CCOCC3)o2)c1. The van der Waals surface area contributed by atoms with E-state index in [1.54, 1.807) is 22.6 Å². The Kier molecular flexibility index (Phi) is 3.46. The molecular weight excluding hydrogens is 290 g/mol. The van der Waals surface area contributed by atoms with Crippen LogP contribution < -0.4 is 5.06 Å². The fraction of sp³-hybridized carbons (Fsp3) is 0.429. The van der Waals surface area contributed by atoms with E-state index < -0.39 is 0 Å². The highest BCUT2D eigenvalue weighted by atomic mass is 32.1. The van der Waals surface area contributed by atoms with Crippen molar-refractivity contribution < 1.29 is 14.0 Å². The fourth-order valence-electron chi connectivity index (χ4n) is 2.58. The summed E-state index contributed by atoms with van der Waals surface area (Å²) in [5, 5.41) is 3.64. The number of oxazole rings is 1. The summed E-state index contributed by atoms with van der Waals surface area (Å²) in [6.07, 6.45) is 3.64. The third kappa shape index (κ3) is 2.48. The van der Waals surface area contributed by atoms with Gasteiger partial charge in [-0.15, -0.1) is 11.3 Å². The number of thiophene rings is 1. The topological polar surface area (TPSA) is 60.1 Å². The summed E-state index contributed by atoms with van der Waals surface area (Å²) in [4.78, 5) is 15.4. The molecule has 0 N–H and O–H groups in total. The first-order valence-corrected chi connectivity index (χ1v) is 7.84. The Hall–Kier alpha value is -1.70. The van der Waals surface area contributed by atoms with Gasteiger partial charge in [0, 0.05) is 19.1 Å². The van der Waals surface area contributed by atoms with E-state index in [0.717, 1.165) is 42.5 Å². The minimum Gasteiger partial charge on any atom is -0.421 e. The van der Waals surface area contributed by atoms with Gasteiger partial charge in [0.05, 0.1) is 11.1 Å². The summed E-state index contributed by atoms with van der Waals surface area (Å²) >= 11 is 1.62. The number of aliphatic imine (C=N–C) groups is 1. The first-order chi connectivity index (χ1) is 10.4. The van der Waals surface area contributed by atoms with Gasteiger partial charge in [-0.05, 0) is 24.3 Å². The smallest absolute Gasteiger partial charge is 0.328 e. The molecule has 0 bridgehead atoms. The van der Waals surface area contributed by atoms with E-state index in [1.165, 1.54) is 0 Å². The summed E-state index contributed by atoms with van der Waals surface area (Å²) in [6, 6.07) is 4.44. The lowest BCUT2D eigenvalue weighted by Gasteiger charge is -2.25.